The number of unbranched alkanes of at least 4 members (excludes halogenated alkanes) is 1. The molecule has 1 aromatic carbocycles. The molecule has 1 aromatic heterocycles. The number of nitrogens with zero attached hydrogens (tertiary/aromatic N) is 3. The van der Waals surface area contributed by atoms with E-state index in [0.29, 0.717) is 12.2 Å². The second-order valence-corrected chi connectivity index (χ2v) is 5.18. The molecule has 0 N–H and O–H groups in total. The van der Waals surface area contributed by atoms with E-state index in [0.717, 1.165) is 31.8 Å². The van der Waals surface area contributed by atoms with Gasteiger partial charge in [-0.3, -0.25) is 0 Å². The molecule has 0 radical (unpaired) electrons. The summed E-state index contributed by atoms with van der Waals surface area (Å²) in [5, 5.41) is 8.90. The second kappa shape index (κ2) is 8.81. The number of aromatic nitrogens is 1. The number of benzene rings is 1. The lowest BCUT2D eigenvalue weighted by Gasteiger charge is -2.18. The van der Waals surface area contributed by atoms with E-state index in [2.05, 4.69) is 28.1 Å². The second-order valence-electron chi connectivity index (χ2n) is 5.18. The first-order valence-electron chi connectivity index (χ1n) is 7.48. The van der Waals surface area contributed by atoms with Gasteiger partial charge in [0.25, 0.3) is 0 Å². The number of nitriles is 1. The Morgan fingerprint density at radius 1 is 1.18 bits per heavy atom. The molecular weight excluding hydrogens is 274 g/mol. The van der Waals surface area contributed by atoms with E-state index < -0.39 is 0 Å². The van der Waals surface area contributed by atoms with Crippen molar-refractivity contribution in [3.05, 3.63) is 59.8 Å². The van der Waals surface area contributed by atoms with Gasteiger partial charge in [0.2, 0.25) is 0 Å². The average Bonchev–Trinajstić information content (AvgIpc) is 2.58. The number of pyridine rings is 1. The Kier molecular flexibility index (Phi) is 6.40. The summed E-state index contributed by atoms with van der Waals surface area (Å²) >= 11 is 0. The smallest absolute Gasteiger partial charge is 0.129 e. The lowest BCUT2D eigenvalue weighted by Crippen LogP contribution is -2.20. The van der Waals surface area contributed by atoms with Crippen molar-refractivity contribution < 1.29 is 4.74 Å². The first-order valence-corrected chi connectivity index (χ1v) is 7.48. The SMILES string of the molecule is CN(CCCCOCc1ccccc1)c1cc(C#N)ccn1. The highest BCUT2D eigenvalue weighted by atomic mass is 16.5. The van der Waals surface area contributed by atoms with E-state index in [1.807, 2.05) is 31.3 Å². The first-order chi connectivity index (χ1) is 10.8. The maximum absolute atomic E-state index is 8.90. The van der Waals surface area contributed by atoms with Crippen LogP contribution in [0.1, 0.15) is 24.0 Å². The van der Waals surface area contributed by atoms with Crippen molar-refractivity contribution >= 4 is 5.82 Å². The number of anilines is 1. The molecule has 2 rings (SSSR count). The number of hydrogen-bond acceptors (Lipinski definition) is 4. The minimum Gasteiger partial charge on any atom is -0.377 e. The van der Waals surface area contributed by atoms with E-state index in [1.54, 1.807) is 12.3 Å². The van der Waals surface area contributed by atoms with Gasteiger partial charge >= 0.3 is 0 Å². The van der Waals surface area contributed by atoms with E-state index >= 15 is 0 Å². The molecule has 0 saturated carbocycles. The van der Waals surface area contributed by atoms with Crippen LogP contribution in [0.15, 0.2) is 48.7 Å². The molecule has 0 atom stereocenters. The Morgan fingerprint density at radius 2 is 2.00 bits per heavy atom. The van der Waals surface area contributed by atoms with Crippen molar-refractivity contribution in [3.63, 3.8) is 0 Å². The van der Waals surface area contributed by atoms with Gasteiger partial charge in [-0.15, -0.1) is 0 Å². The van der Waals surface area contributed by atoms with E-state index in [-0.39, 0.29) is 0 Å². The fourth-order valence-electron chi connectivity index (χ4n) is 2.13. The third-order valence-corrected chi connectivity index (χ3v) is 3.41. The zero-order chi connectivity index (χ0) is 15.6. The molecule has 0 amide bonds. The molecule has 4 heteroatoms. The Labute approximate surface area is 132 Å². The Balaban J connectivity index is 1.63. The minimum atomic E-state index is 0.642. The topological polar surface area (TPSA) is 49.1 Å². The third-order valence-electron chi connectivity index (χ3n) is 3.41. The van der Waals surface area contributed by atoms with Crippen LogP contribution in [0.25, 0.3) is 0 Å². The zero-order valence-electron chi connectivity index (χ0n) is 12.9. The molecule has 0 bridgehead atoms. The molecule has 0 aliphatic rings. The quantitative estimate of drug-likeness (QED) is 0.700. The highest BCUT2D eigenvalue weighted by molar-refractivity contribution is 5.44. The maximum Gasteiger partial charge on any atom is 0.129 e. The lowest BCUT2D eigenvalue weighted by molar-refractivity contribution is 0.117. The lowest BCUT2D eigenvalue weighted by atomic mass is 10.2. The van der Waals surface area contributed by atoms with Crippen LogP contribution in [0.4, 0.5) is 5.82 Å². The number of rotatable bonds is 8. The molecule has 0 fully saturated rings. The largest absolute Gasteiger partial charge is 0.377 e. The highest BCUT2D eigenvalue weighted by Crippen LogP contribution is 2.11. The number of hydrogen-bond donors (Lipinski definition) is 0. The van der Waals surface area contributed by atoms with Gasteiger partial charge in [0.05, 0.1) is 18.2 Å². The van der Waals surface area contributed by atoms with Crippen molar-refractivity contribution in [2.75, 3.05) is 25.1 Å². The third kappa shape index (κ3) is 5.19. The van der Waals surface area contributed by atoms with Gasteiger partial charge in [-0.2, -0.15) is 5.26 Å². The molecule has 114 valence electrons. The van der Waals surface area contributed by atoms with Crippen molar-refractivity contribution in [2.24, 2.45) is 0 Å². The molecule has 0 aliphatic heterocycles. The molecule has 4 nitrogen and oxygen atoms in total. The van der Waals surface area contributed by atoms with E-state index in [9.17, 15) is 0 Å². The molecule has 0 aliphatic carbocycles. The maximum atomic E-state index is 8.90. The van der Waals surface area contributed by atoms with Crippen LogP contribution in [0.5, 0.6) is 0 Å². The summed E-state index contributed by atoms with van der Waals surface area (Å²) in [4.78, 5) is 6.35. The predicted octanol–water partition coefficient (Wildman–Crippen LogP) is 3.39. The van der Waals surface area contributed by atoms with Gasteiger partial charge in [0.1, 0.15) is 5.82 Å². The van der Waals surface area contributed by atoms with E-state index in [1.165, 1.54) is 5.56 Å². The normalized spacial score (nSPS) is 10.2. The van der Waals surface area contributed by atoms with Gasteiger partial charge in [-0.05, 0) is 30.5 Å². The van der Waals surface area contributed by atoms with Crippen molar-refractivity contribution in [1.82, 2.24) is 4.98 Å². The van der Waals surface area contributed by atoms with Crippen LogP contribution in [0, 0.1) is 11.3 Å². The van der Waals surface area contributed by atoms with Crippen LogP contribution in [-0.4, -0.2) is 25.2 Å². The van der Waals surface area contributed by atoms with Gasteiger partial charge in [0.15, 0.2) is 0 Å². The van der Waals surface area contributed by atoms with E-state index in [4.69, 9.17) is 10.00 Å². The Hall–Kier alpha value is -2.38. The Bertz CT molecular complexity index is 607. The van der Waals surface area contributed by atoms with Crippen LogP contribution in [0.3, 0.4) is 0 Å². The molecule has 0 spiro atoms. The highest BCUT2D eigenvalue weighted by Gasteiger charge is 2.03. The van der Waals surface area contributed by atoms with Gasteiger partial charge < -0.3 is 9.64 Å². The molecule has 22 heavy (non-hydrogen) atoms. The van der Waals surface area contributed by atoms with Crippen LogP contribution >= 0.6 is 0 Å². The van der Waals surface area contributed by atoms with Crippen LogP contribution in [0.2, 0.25) is 0 Å². The van der Waals surface area contributed by atoms with Crippen LogP contribution in [-0.2, 0) is 11.3 Å². The summed E-state index contributed by atoms with van der Waals surface area (Å²) in [7, 11) is 1.99. The summed E-state index contributed by atoms with van der Waals surface area (Å²) in [6, 6.07) is 15.9. The van der Waals surface area contributed by atoms with Gasteiger partial charge in [0, 0.05) is 26.4 Å². The summed E-state index contributed by atoms with van der Waals surface area (Å²) < 4.78 is 5.67. The number of ether oxygens (including phenoxy) is 1. The molecule has 2 aromatic rings. The summed E-state index contributed by atoms with van der Waals surface area (Å²) in [6.07, 6.45) is 3.71. The molecular formula is C18H21N3O. The van der Waals surface area contributed by atoms with Gasteiger partial charge in [-0.1, -0.05) is 30.3 Å². The fraction of sp³-hybridized carbons (Fsp3) is 0.333. The van der Waals surface area contributed by atoms with Gasteiger partial charge in [-0.25, -0.2) is 4.98 Å². The average molecular weight is 295 g/mol. The van der Waals surface area contributed by atoms with Crippen molar-refractivity contribution in [3.8, 4) is 6.07 Å². The van der Waals surface area contributed by atoms with Crippen molar-refractivity contribution in [2.45, 2.75) is 19.4 Å². The Morgan fingerprint density at radius 3 is 2.77 bits per heavy atom. The minimum absolute atomic E-state index is 0.642. The molecule has 1 heterocycles. The van der Waals surface area contributed by atoms with Crippen LogP contribution < -0.4 is 4.90 Å². The monoisotopic (exact) mass is 295 g/mol. The summed E-state index contributed by atoms with van der Waals surface area (Å²) in [6.45, 7) is 2.33. The predicted molar refractivity (Wildman–Crippen MR) is 87.6 cm³/mol. The molecule has 0 unspecified atom stereocenters. The van der Waals surface area contributed by atoms with Crippen molar-refractivity contribution in [1.29, 1.82) is 5.26 Å². The summed E-state index contributed by atoms with van der Waals surface area (Å²) in [5.74, 6) is 0.837. The summed E-state index contributed by atoms with van der Waals surface area (Å²) in [5.41, 5.74) is 1.85. The molecule has 0 saturated heterocycles. The standard InChI is InChI=1S/C18H21N3O/c1-21(18-13-17(14-19)9-10-20-18)11-5-6-12-22-15-16-7-3-2-4-8-16/h2-4,7-10,13H,5-6,11-12,15H2,1H3. The zero-order valence-corrected chi connectivity index (χ0v) is 12.9. The fourth-order valence-corrected chi connectivity index (χ4v) is 2.13. The first kappa shape index (κ1) is 16.0.